The van der Waals surface area contributed by atoms with E-state index < -0.39 is 0 Å². The van der Waals surface area contributed by atoms with Crippen LogP contribution in [0.15, 0.2) is 0 Å². The molecule has 0 aromatic carbocycles. The van der Waals surface area contributed by atoms with E-state index in [4.69, 9.17) is 4.74 Å². The van der Waals surface area contributed by atoms with E-state index in [0.29, 0.717) is 12.5 Å². The molecule has 2 saturated heterocycles. The van der Waals surface area contributed by atoms with Crippen LogP contribution in [0.25, 0.3) is 0 Å². The maximum absolute atomic E-state index is 11.9. The summed E-state index contributed by atoms with van der Waals surface area (Å²) >= 11 is 0. The fourth-order valence-corrected chi connectivity index (χ4v) is 3.83. The molecule has 2 rings (SSSR count). The first kappa shape index (κ1) is 18.2. The van der Waals surface area contributed by atoms with Gasteiger partial charge in [-0.1, -0.05) is 0 Å². The molecule has 2 aliphatic rings. The van der Waals surface area contributed by atoms with E-state index in [0.717, 1.165) is 6.04 Å². The monoisotopic (exact) mass is 396 g/mol. The van der Waals surface area contributed by atoms with Crippen molar-refractivity contribution in [3.05, 3.63) is 0 Å². The van der Waals surface area contributed by atoms with E-state index >= 15 is 0 Å². The van der Waals surface area contributed by atoms with Gasteiger partial charge in [-0.25, -0.2) is 0 Å². The molecule has 3 unspecified atom stereocenters. The number of esters is 1. The molecule has 0 aliphatic carbocycles. The topological polar surface area (TPSA) is 26.3 Å². The Hall–Kier alpha value is 0.160. The van der Waals surface area contributed by atoms with Crippen LogP contribution in [-0.2, 0) is 9.53 Å². The molecular formula is C16H31INO2+. The standard InChI is InChI=1S/C16H30NO2.HI/c1-16(2,3)15(18)19-12-13-8-7-11-17(4)10-6-5-9-14(13)17;/h13-14H,5-12H2,1-4H3;1H/q+1;. The second-order valence-corrected chi connectivity index (χ2v) is 7.74. The van der Waals surface area contributed by atoms with Crippen molar-refractivity contribution in [2.45, 2.75) is 58.9 Å². The third-order valence-corrected chi connectivity index (χ3v) is 5.05. The summed E-state index contributed by atoms with van der Waals surface area (Å²) in [6, 6.07) is 0.718. The molecule has 0 spiro atoms. The second-order valence-electron chi connectivity index (χ2n) is 7.74. The molecule has 3 atom stereocenters. The number of quaternary nitrogens is 1. The van der Waals surface area contributed by atoms with Crippen LogP contribution in [0.1, 0.15) is 52.9 Å². The van der Waals surface area contributed by atoms with Crippen molar-refractivity contribution in [2.75, 3.05) is 26.7 Å². The highest BCUT2D eigenvalue weighted by Gasteiger charge is 2.44. The highest BCUT2D eigenvalue weighted by atomic mass is 127. The van der Waals surface area contributed by atoms with Crippen LogP contribution in [0.2, 0.25) is 0 Å². The highest BCUT2D eigenvalue weighted by Crippen LogP contribution is 2.36. The van der Waals surface area contributed by atoms with Gasteiger partial charge in [0, 0.05) is 12.3 Å². The largest absolute Gasteiger partial charge is 0.465 e. The fraction of sp³-hybridized carbons (Fsp3) is 0.938. The number of hydrogen-bond acceptors (Lipinski definition) is 2. The number of nitrogens with zero attached hydrogens (tertiary/aromatic N) is 1. The molecule has 0 aromatic rings. The summed E-state index contributed by atoms with van der Waals surface area (Å²) in [6.45, 7) is 9.04. The summed E-state index contributed by atoms with van der Waals surface area (Å²) in [5.41, 5.74) is -0.376. The molecular weight excluding hydrogens is 365 g/mol. The number of piperidine rings is 2. The quantitative estimate of drug-likeness (QED) is 0.405. The summed E-state index contributed by atoms with van der Waals surface area (Å²) in [7, 11) is 2.40. The molecule has 2 fully saturated rings. The SMILES string of the molecule is CC(C)(C)C(=O)OCC1CCC[N+]2(C)CCCCC12.I. The van der Waals surface area contributed by atoms with E-state index in [9.17, 15) is 4.79 Å². The first-order chi connectivity index (χ1) is 8.83. The van der Waals surface area contributed by atoms with Crippen LogP contribution < -0.4 is 0 Å². The van der Waals surface area contributed by atoms with Gasteiger partial charge >= 0.3 is 5.97 Å². The summed E-state index contributed by atoms with van der Waals surface area (Å²) in [5.74, 6) is 0.522. The van der Waals surface area contributed by atoms with E-state index in [2.05, 4.69) is 7.05 Å². The molecule has 0 N–H and O–H groups in total. The van der Waals surface area contributed by atoms with Crippen molar-refractivity contribution >= 4 is 29.9 Å². The van der Waals surface area contributed by atoms with Crippen LogP contribution in [0.4, 0.5) is 0 Å². The van der Waals surface area contributed by atoms with Gasteiger partial charge in [-0.15, -0.1) is 24.0 Å². The molecule has 3 nitrogen and oxygen atoms in total. The molecule has 2 aliphatic heterocycles. The van der Waals surface area contributed by atoms with Crippen LogP contribution in [0.3, 0.4) is 0 Å². The molecule has 20 heavy (non-hydrogen) atoms. The lowest BCUT2D eigenvalue weighted by atomic mass is 9.82. The van der Waals surface area contributed by atoms with Crippen LogP contribution in [0.5, 0.6) is 0 Å². The Kier molecular flexibility index (Phi) is 6.32. The van der Waals surface area contributed by atoms with Crippen molar-refractivity contribution in [3.63, 3.8) is 0 Å². The van der Waals surface area contributed by atoms with Gasteiger partial charge < -0.3 is 9.22 Å². The number of halogens is 1. The van der Waals surface area contributed by atoms with Crippen molar-refractivity contribution in [3.8, 4) is 0 Å². The van der Waals surface area contributed by atoms with E-state index in [1.54, 1.807) is 0 Å². The number of hydrogen-bond donors (Lipinski definition) is 0. The zero-order chi connectivity index (χ0) is 14.1. The molecule has 4 heteroatoms. The highest BCUT2D eigenvalue weighted by molar-refractivity contribution is 14.0. The third-order valence-electron chi connectivity index (χ3n) is 5.05. The van der Waals surface area contributed by atoms with Crippen molar-refractivity contribution in [1.82, 2.24) is 0 Å². The average molecular weight is 396 g/mol. The Morgan fingerprint density at radius 2 is 1.80 bits per heavy atom. The number of fused-ring (bicyclic) bond motifs is 1. The lowest BCUT2D eigenvalue weighted by molar-refractivity contribution is -0.947. The summed E-state index contributed by atoms with van der Waals surface area (Å²) in [6.07, 6.45) is 6.54. The first-order valence-corrected chi connectivity index (χ1v) is 7.84. The zero-order valence-electron chi connectivity index (χ0n) is 13.5. The summed E-state index contributed by atoms with van der Waals surface area (Å²) < 4.78 is 6.81. The minimum Gasteiger partial charge on any atom is -0.465 e. The molecule has 0 saturated carbocycles. The Balaban J connectivity index is 0.00000200. The Labute approximate surface area is 141 Å². The number of carbonyl (C=O) groups is 1. The van der Waals surface area contributed by atoms with Gasteiger partial charge in [-0.3, -0.25) is 4.79 Å². The van der Waals surface area contributed by atoms with Gasteiger partial charge in [-0.05, 0) is 46.5 Å². The Morgan fingerprint density at radius 3 is 2.45 bits per heavy atom. The van der Waals surface area contributed by atoms with Gasteiger partial charge in [0.05, 0.1) is 38.2 Å². The lowest BCUT2D eigenvalue weighted by Gasteiger charge is -2.51. The van der Waals surface area contributed by atoms with Gasteiger partial charge in [0.1, 0.15) is 0 Å². The Bertz CT molecular complexity index is 336. The minimum atomic E-state index is -0.376. The molecule has 118 valence electrons. The van der Waals surface area contributed by atoms with Crippen LogP contribution >= 0.6 is 24.0 Å². The van der Waals surface area contributed by atoms with E-state index in [-0.39, 0.29) is 35.4 Å². The van der Waals surface area contributed by atoms with Gasteiger partial charge in [0.2, 0.25) is 0 Å². The molecule has 0 aromatic heterocycles. The molecule has 2 heterocycles. The predicted octanol–water partition coefficient (Wildman–Crippen LogP) is 3.60. The number of rotatable bonds is 2. The number of ether oxygens (including phenoxy) is 1. The van der Waals surface area contributed by atoms with E-state index in [1.165, 1.54) is 49.7 Å². The van der Waals surface area contributed by atoms with Crippen molar-refractivity contribution in [2.24, 2.45) is 11.3 Å². The van der Waals surface area contributed by atoms with Gasteiger partial charge in [-0.2, -0.15) is 0 Å². The lowest BCUT2D eigenvalue weighted by Crippen LogP contribution is -2.61. The normalized spacial score (nSPS) is 33.8. The van der Waals surface area contributed by atoms with Crippen LogP contribution in [-0.4, -0.2) is 43.2 Å². The Morgan fingerprint density at radius 1 is 1.15 bits per heavy atom. The zero-order valence-corrected chi connectivity index (χ0v) is 15.8. The molecule has 0 bridgehead atoms. The van der Waals surface area contributed by atoms with Crippen LogP contribution in [0, 0.1) is 11.3 Å². The summed E-state index contributed by atoms with van der Waals surface area (Å²) in [4.78, 5) is 11.9. The maximum Gasteiger partial charge on any atom is 0.311 e. The van der Waals surface area contributed by atoms with E-state index in [1.807, 2.05) is 20.8 Å². The smallest absolute Gasteiger partial charge is 0.311 e. The van der Waals surface area contributed by atoms with Crippen molar-refractivity contribution < 1.29 is 14.0 Å². The predicted molar refractivity (Wildman–Crippen MR) is 92.1 cm³/mol. The second kappa shape index (κ2) is 6.95. The minimum absolute atomic E-state index is 0. The van der Waals surface area contributed by atoms with Gasteiger partial charge in [0.15, 0.2) is 0 Å². The number of carbonyl (C=O) groups excluding carboxylic acids is 1. The fourth-order valence-electron chi connectivity index (χ4n) is 3.83. The maximum atomic E-state index is 11.9. The summed E-state index contributed by atoms with van der Waals surface area (Å²) in [5, 5.41) is 0. The molecule has 0 radical (unpaired) electrons. The average Bonchev–Trinajstić information content (AvgIpc) is 2.33. The third kappa shape index (κ3) is 4.09. The first-order valence-electron chi connectivity index (χ1n) is 7.84. The van der Waals surface area contributed by atoms with Crippen molar-refractivity contribution in [1.29, 1.82) is 0 Å². The molecule has 0 amide bonds. The van der Waals surface area contributed by atoms with Gasteiger partial charge in [0.25, 0.3) is 0 Å².